The highest BCUT2D eigenvalue weighted by atomic mass is 32.2. The van der Waals surface area contributed by atoms with E-state index in [1.165, 1.54) is 6.92 Å². The van der Waals surface area contributed by atoms with Crippen LogP contribution in [-0.2, 0) is 10.0 Å². The van der Waals surface area contributed by atoms with Crippen LogP contribution in [0, 0.1) is 6.92 Å². The van der Waals surface area contributed by atoms with E-state index in [9.17, 15) is 13.2 Å². The molecule has 1 atom stereocenters. The number of hydrogen-bond donors (Lipinski definition) is 3. The number of aryl methyl sites for hydroxylation is 1. The van der Waals surface area contributed by atoms with Crippen LogP contribution in [0.1, 0.15) is 35.9 Å². The highest BCUT2D eigenvalue weighted by molar-refractivity contribution is 7.89. The van der Waals surface area contributed by atoms with E-state index in [-0.39, 0.29) is 23.2 Å². The summed E-state index contributed by atoms with van der Waals surface area (Å²) in [5.41, 5.74) is -0.262. The van der Waals surface area contributed by atoms with Gasteiger partial charge >= 0.3 is 5.97 Å². The fraction of sp³-hybridized carbons (Fsp3) is 0.667. The number of nitrogens with zero attached hydrogens (tertiary/aromatic N) is 2. The maximum absolute atomic E-state index is 12.3. The van der Waals surface area contributed by atoms with Crippen LogP contribution in [0.25, 0.3) is 0 Å². The summed E-state index contributed by atoms with van der Waals surface area (Å²) in [5, 5.41) is 14.9. The molecule has 1 aromatic rings. The van der Waals surface area contributed by atoms with Gasteiger partial charge < -0.3 is 5.11 Å². The summed E-state index contributed by atoms with van der Waals surface area (Å²) >= 11 is 0. The molecule has 1 unspecified atom stereocenters. The fourth-order valence-corrected chi connectivity index (χ4v) is 3.95. The Morgan fingerprint density at radius 2 is 2.10 bits per heavy atom. The highest BCUT2D eigenvalue weighted by Gasteiger charge is 2.29. The van der Waals surface area contributed by atoms with Crippen LogP contribution in [-0.4, -0.2) is 60.3 Å². The molecule has 1 fully saturated rings. The first-order valence-electron chi connectivity index (χ1n) is 6.85. The summed E-state index contributed by atoms with van der Waals surface area (Å²) < 4.78 is 27.1. The highest BCUT2D eigenvalue weighted by Crippen LogP contribution is 2.18. The van der Waals surface area contributed by atoms with E-state index in [1.807, 2.05) is 6.92 Å². The van der Waals surface area contributed by atoms with E-state index < -0.39 is 21.7 Å². The Labute approximate surface area is 123 Å². The van der Waals surface area contributed by atoms with Crippen molar-refractivity contribution in [2.75, 3.05) is 19.6 Å². The number of hydrogen-bond acceptors (Lipinski definition) is 5. The van der Waals surface area contributed by atoms with Crippen molar-refractivity contribution >= 4 is 16.0 Å². The number of H-pyrrole nitrogens is 1. The average molecular weight is 316 g/mol. The van der Waals surface area contributed by atoms with Gasteiger partial charge in [-0.05, 0) is 39.8 Å². The number of carboxylic acid groups (broad SMARTS) is 1. The van der Waals surface area contributed by atoms with Crippen molar-refractivity contribution in [2.24, 2.45) is 0 Å². The van der Waals surface area contributed by atoms with E-state index >= 15 is 0 Å². The summed E-state index contributed by atoms with van der Waals surface area (Å²) in [7, 11) is -3.90. The molecule has 0 aromatic carbocycles. The Morgan fingerprint density at radius 3 is 2.67 bits per heavy atom. The molecule has 118 valence electrons. The largest absolute Gasteiger partial charge is 0.476 e. The van der Waals surface area contributed by atoms with Gasteiger partial charge in [-0.2, -0.15) is 5.10 Å². The molecule has 0 spiro atoms. The maximum atomic E-state index is 12.3. The van der Waals surface area contributed by atoms with Crippen molar-refractivity contribution in [3.63, 3.8) is 0 Å². The standard InChI is InChI=1S/C12H20N4O4S/c1-8(16-5-3-4-6-16)7-13-21(19,20)11-9(2)14-15-10(11)12(17)18/h8,13H,3-7H2,1-2H3,(H,14,15)(H,17,18). The number of rotatable bonds is 6. The third kappa shape index (κ3) is 3.42. The number of carbonyl (C=O) groups is 1. The second-order valence-electron chi connectivity index (χ2n) is 5.28. The lowest BCUT2D eigenvalue weighted by atomic mass is 10.3. The molecule has 0 amide bonds. The SMILES string of the molecule is Cc1[nH]nc(C(=O)O)c1S(=O)(=O)NCC(C)N1CCCC1. The first-order valence-corrected chi connectivity index (χ1v) is 8.33. The third-order valence-electron chi connectivity index (χ3n) is 3.70. The molecule has 9 heteroatoms. The predicted octanol–water partition coefficient (Wildman–Crippen LogP) is 0.179. The molecule has 1 saturated heterocycles. The molecule has 0 bridgehead atoms. The van der Waals surface area contributed by atoms with Crippen LogP contribution < -0.4 is 4.72 Å². The zero-order chi connectivity index (χ0) is 15.6. The quantitative estimate of drug-likeness (QED) is 0.689. The first-order chi connectivity index (χ1) is 9.83. The Morgan fingerprint density at radius 1 is 1.48 bits per heavy atom. The lowest BCUT2D eigenvalue weighted by Gasteiger charge is -2.23. The monoisotopic (exact) mass is 316 g/mol. The lowest BCUT2D eigenvalue weighted by molar-refractivity contribution is 0.0686. The molecule has 0 radical (unpaired) electrons. The Hall–Kier alpha value is -1.45. The van der Waals surface area contributed by atoms with E-state index in [2.05, 4.69) is 19.8 Å². The predicted molar refractivity (Wildman–Crippen MR) is 75.7 cm³/mol. The van der Waals surface area contributed by atoms with Gasteiger partial charge in [0, 0.05) is 12.6 Å². The molecule has 2 heterocycles. The van der Waals surface area contributed by atoms with Gasteiger partial charge in [-0.3, -0.25) is 10.00 Å². The number of sulfonamides is 1. The van der Waals surface area contributed by atoms with Gasteiger partial charge in [0.15, 0.2) is 5.69 Å². The molecule has 3 N–H and O–H groups in total. The van der Waals surface area contributed by atoms with Crippen LogP contribution >= 0.6 is 0 Å². The molecule has 8 nitrogen and oxygen atoms in total. The summed E-state index contributed by atoms with van der Waals surface area (Å²) in [6, 6.07) is 0.0720. The van der Waals surface area contributed by atoms with Crippen molar-refractivity contribution in [2.45, 2.75) is 37.6 Å². The number of carboxylic acids is 1. The lowest BCUT2D eigenvalue weighted by Crippen LogP contribution is -2.40. The van der Waals surface area contributed by atoms with Gasteiger partial charge in [-0.1, -0.05) is 0 Å². The van der Waals surface area contributed by atoms with E-state index in [0.29, 0.717) is 0 Å². The molecule has 0 saturated carbocycles. The second-order valence-corrected chi connectivity index (χ2v) is 6.98. The summed E-state index contributed by atoms with van der Waals surface area (Å²) in [6.45, 7) is 5.61. The van der Waals surface area contributed by atoms with Crippen LogP contribution in [0.5, 0.6) is 0 Å². The van der Waals surface area contributed by atoms with Crippen molar-refractivity contribution in [1.29, 1.82) is 0 Å². The zero-order valence-electron chi connectivity index (χ0n) is 12.1. The van der Waals surface area contributed by atoms with E-state index in [4.69, 9.17) is 5.11 Å². The summed E-state index contributed by atoms with van der Waals surface area (Å²) in [6.07, 6.45) is 2.25. The number of aromatic carboxylic acids is 1. The van der Waals surface area contributed by atoms with Crippen LogP contribution in [0.15, 0.2) is 4.90 Å². The Kier molecular flexibility index (Phi) is 4.64. The maximum Gasteiger partial charge on any atom is 0.357 e. The topological polar surface area (TPSA) is 115 Å². The minimum absolute atomic E-state index is 0.0720. The Bertz CT molecular complexity index is 619. The number of nitrogens with one attached hydrogen (secondary N) is 2. The van der Waals surface area contributed by atoms with Gasteiger partial charge in [0.05, 0.1) is 5.69 Å². The van der Waals surface area contributed by atoms with Crippen LogP contribution in [0.4, 0.5) is 0 Å². The third-order valence-corrected chi connectivity index (χ3v) is 5.28. The van der Waals surface area contributed by atoms with Gasteiger partial charge in [-0.15, -0.1) is 0 Å². The van der Waals surface area contributed by atoms with E-state index in [1.54, 1.807) is 0 Å². The van der Waals surface area contributed by atoms with Gasteiger partial charge in [0.1, 0.15) is 4.90 Å². The number of aromatic amines is 1. The minimum atomic E-state index is -3.90. The number of likely N-dealkylation sites (tertiary alicyclic amines) is 1. The normalized spacial score (nSPS) is 18.0. The van der Waals surface area contributed by atoms with Crippen LogP contribution in [0.2, 0.25) is 0 Å². The molecule has 2 rings (SSSR count). The minimum Gasteiger partial charge on any atom is -0.476 e. The van der Waals surface area contributed by atoms with Crippen molar-refractivity contribution in [3.05, 3.63) is 11.4 Å². The van der Waals surface area contributed by atoms with Crippen LogP contribution in [0.3, 0.4) is 0 Å². The molecule has 1 aliphatic rings. The summed E-state index contributed by atoms with van der Waals surface area (Å²) in [4.78, 5) is 13.0. The fourth-order valence-electron chi connectivity index (χ4n) is 2.51. The second kappa shape index (κ2) is 6.12. The van der Waals surface area contributed by atoms with Gasteiger partial charge in [0.2, 0.25) is 10.0 Å². The van der Waals surface area contributed by atoms with Crippen molar-refractivity contribution in [1.82, 2.24) is 19.8 Å². The molecular weight excluding hydrogens is 296 g/mol. The zero-order valence-corrected chi connectivity index (χ0v) is 12.9. The van der Waals surface area contributed by atoms with Crippen molar-refractivity contribution in [3.8, 4) is 0 Å². The van der Waals surface area contributed by atoms with E-state index in [0.717, 1.165) is 25.9 Å². The molecular formula is C12H20N4O4S. The van der Waals surface area contributed by atoms with Gasteiger partial charge in [0.25, 0.3) is 0 Å². The molecule has 1 aromatic heterocycles. The Balaban J connectivity index is 2.11. The number of aromatic nitrogens is 2. The summed E-state index contributed by atoms with van der Waals surface area (Å²) in [5.74, 6) is -1.37. The first kappa shape index (κ1) is 15.9. The molecule has 0 aliphatic carbocycles. The smallest absolute Gasteiger partial charge is 0.357 e. The average Bonchev–Trinajstić information content (AvgIpc) is 3.04. The molecule has 1 aliphatic heterocycles. The van der Waals surface area contributed by atoms with Crippen molar-refractivity contribution < 1.29 is 18.3 Å². The van der Waals surface area contributed by atoms with Gasteiger partial charge in [-0.25, -0.2) is 17.9 Å². The molecule has 21 heavy (non-hydrogen) atoms.